The van der Waals surface area contributed by atoms with E-state index in [1.165, 1.54) is 50.6 Å². The van der Waals surface area contributed by atoms with Crippen molar-refractivity contribution in [1.82, 2.24) is 15.1 Å². The lowest BCUT2D eigenvalue weighted by Gasteiger charge is -2.42. The summed E-state index contributed by atoms with van der Waals surface area (Å²) in [4.78, 5) is 0. The van der Waals surface area contributed by atoms with Crippen molar-refractivity contribution in [3.05, 3.63) is 18.0 Å². The molecule has 4 atom stereocenters. The molecule has 1 heterocycles. The maximum absolute atomic E-state index is 4.46. The van der Waals surface area contributed by atoms with Crippen LogP contribution >= 0.6 is 0 Å². The normalized spacial score (nSPS) is 31.8. The Labute approximate surface area is 123 Å². The monoisotopic (exact) mass is 275 g/mol. The molecule has 0 radical (unpaired) electrons. The molecule has 1 aromatic heterocycles. The lowest BCUT2D eigenvalue weighted by Crippen LogP contribution is -2.35. The lowest BCUT2D eigenvalue weighted by molar-refractivity contribution is 0.109. The molecule has 0 aliphatic heterocycles. The summed E-state index contributed by atoms with van der Waals surface area (Å²) in [6.07, 6.45) is 12.1. The van der Waals surface area contributed by atoms with E-state index in [1.807, 2.05) is 6.20 Å². The van der Waals surface area contributed by atoms with Crippen LogP contribution in [0.1, 0.15) is 63.6 Å². The lowest BCUT2D eigenvalue weighted by atomic mass is 9.66. The summed E-state index contributed by atoms with van der Waals surface area (Å²) in [7, 11) is 2.12. The highest BCUT2D eigenvalue weighted by molar-refractivity contribution is 5.09. The predicted molar refractivity (Wildman–Crippen MR) is 82.5 cm³/mol. The van der Waals surface area contributed by atoms with Crippen LogP contribution in [0.15, 0.2) is 12.3 Å². The van der Waals surface area contributed by atoms with Gasteiger partial charge in [-0.1, -0.05) is 25.7 Å². The number of hydrogen-bond donors (Lipinski definition) is 1. The smallest absolute Gasteiger partial charge is 0.0556 e. The van der Waals surface area contributed by atoms with Crippen molar-refractivity contribution in [1.29, 1.82) is 0 Å². The predicted octanol–water partition coefficient (Wildman–Crippen LogP) is 3.77. The highest BCUT2D eigenvalue weighted by Gasteiger charge is 2.36. The number of rotatable bonds is 4. The Morgan fingerprint density at radius 3 is 2.80 bits per heavy atom. The van der Waals surface area contributed by atoms with E-state index in [-0.39, 0.29) is 0 Å². The molecule has 3 nitrogen and oxygen atoms in total. The maximum atomic E-state index is 4.46. The fourth-order valence-corrected chi connectivity index (χ4v) is 4.71. The molecular formula is C17H29N3. The Bertz CT molecular complexity index is 426. The van der Waals surface area contributed by atoms with Crippen molar-refractivity contribution in [3.63, 3.8) is 0 Å². The van der Waals surface area contributed by atoms with Crippen molar-refractivity contribution in [3.8, 4) is 0 Å². The third kappa shape index (κ3) is 2.65. The van der Waals surface area contributed by atoms with Crippen molar-refractivity contribution < 1.29 is 0 Å². The Hall–Kier alpha value is -0.830. The number of aryl methyl sites for hydroxylation is 1. The summed E-state index contributed by atoms with van der Waals surface area (Å²) in [5.74, 6) is 2.83. The van der Waals surface area contributed by atoms with Gasteiger partial charge in [0, 0.05) is 12.7 Å². The van der Waals surface area contributed by atoms with Crippen LogP contribution in [0.4, 0.5) is 0 Å². The van der Waals surface area contributed by atoms with Gasteiger partial charge in [0.2, 0.25) is 0 Å². The molecule has 2 aliphatic carbocycles. The molecule has 1 N–H and O–H groups in total. The zero-order valence-corrected chi connectivity index (χ0v) is 13.0. The van der Waals surface area contributed by atoms with Crippen molar-refractivity contribution in [2.24, 2.45) is 17.8 Å². The van der Waals surface area contributed by atoms with Crippen LogP contribution in [-0.2, 0) is 6.54 Å². The molecule has 2 aliphatic rings. The van der Waals surface area contributed by atoms with Gasteiger partial charge in [-0.3, -0.25) is 4.68 Å². The molecule has 0 bridgehead atoms. The van der Waals surface area contributed by atoms with E-state index in [0.29, 0.717) is 6.04 Å². The first-order valence-electron chi connectivity index (χ1n) is 8.52. The second kappa shape index (κ2) is 6.30. The quantitative estimate of drug-likeness (QED) is 0.906. The molecule has 3 heteroatoms. The topological polar surface area (TPSA) is 29.9 Å². The van der Waals surface area contributed by atoms with E-state index >= 15 is 0 Å². The Morgan fingerprint density at radius 2 is 2.05 bits per heavy atom. The van der Waals surface area contributed by atoms with Crippen LogP contribution < -0.4 is 5.32 Å². The molecule has 4 unspecified atom stereocenters. The summed E-state index contributed by atoms with van der Waals surface area (Å²) >= 11 is 0. The van der Waals surface area contributed by atoms with E-state index in [4.69, 9.17) is 0 Å². The van der Waals surface area contributed by atoms with Crippen LogP contribution in [0.25, 0.3) is 0 Å². The van der Waals surface area contributed by atoms with Gasteiger partial charge in [-0.05, 0) is 57.1 Å². The van der Waals surface area contributed by atoms with Gasteiger partial charge in [0.1, 0.15) is 0 Å². The highest BCUT2D eigenvalue weighted by Crippen LogP contribution is 2.46. The number of nitrogens with zero attached hydrogens (tertiary/aromatic N) is 2. The van der Waals surface area contributed by atoms with Gasteiger partial charge in [0.25, 0.3) is 0 Å². The SMILES string of the molecule is CCn1nccc1C(NC)C1CCC2CCCCC2C1. The molecule has 112 valence electrons. The molecule has 0 spiro atoms. The summed E-state index contributed by atoms with van der Waals surface area (Å²) in [5.41, 5.74) is 1.38. The highest BCUT2D eigenvalue weighted by atomic mass is 15.3. The molecule has 20 heavy (non-hydrogen) atoms. The molecule has 2 saturated carbocycles. The molecular weight excluding hydrogens is 246 g/mol. The third-order valence-electron chi connectivity index (χ3n) is 5.73. The minimum absolute atomic E-state index is 0.486. The Balaban J connectivity index is 1.73. The third-order valence-corrected chi connectivity index (χ3v) is 5.73. The van der Waals surface area contributed by atoms with E-state index in [0.717, 1.165) is 24.3 Å². The Kier molecular flexibility index (Phi) is 4.45. The second-order valence-electron chi connectivity index (χ2n) is 6.72. The minimum atomic E-state index is 0.486. The Morgan fingerprint density at radius 1 is 1.25 bits per heavy atom. The fourth-order valence-electron chi connectivity index (χ4n) is 4.71. The van der Waals surface area contributed by atoms with Gasteiger partial charge in [0.15, 0.2) is 0 Å². The largest absolute Gasteiger partial charge is 0.311 e. The number of nitrogens with one attached hydrogen (secondary N) is 1. The summed E-state index contributed by atoms with van der Waals surface area (Å²) in [6, 6.07) is 2.69. The summed E-state index contributed by atoms with van der Waals surface area (Å²) in [5, 5.41) is 8.04. The fraction of sp³-hybridized carbons (Fsp3) is 0.824. The average Bonchev–Trinajstić information content (AvgIpc) is 2.96. The molecule has 0 amide bonds. The first kappa shape index (κ1) is 14.1. The molecule has 0 saturated heterocycles. The van der Waals surface area contributed by atoms with Gasteiger partial charge in [0.05, 0.1) is 11.7 Å². The van der Waals surface area contributed by atoms with Crippen molar-refractivity contribution >= 4 is 0 Å². The number of fused-ring (bicyclic) bond motifs is 1. The van der Waals surface area contributed by atoms with E-state index in [9.17, 15) is 0 Å². The second-order valence-corrected chi connectivity index (χ2v) is 6.72. The van der Waals surface area contributed by atoms with Crippen LogP contribution in [0.2, 0.25) is 0 Å². The minimum Gasteiger partial charge on any atom is -0.311 e. The maximum Gasteiger partial charge on any atom is 0.0556 e. The summed E-state index contributed by atoms with van der Waals surface area (Å²) < 4.78 is 2.16. The van der Waals surface area contributed by atoms with E-state index in [1.54, 1.807) is 0 Å². The van der Waals surface area contributed by atoms with Gasteiger partial charge in [-0.2, -0.15) is 5.10 Å². The number of hydrogen-bond acceptors (Lipinski definition) is 2. The van der Waals surface area contributed by atoms with Crippen LogP contribution in [0.5, 0.6) is 0 Å². The van der Waals surface area contributed by atoms with Crippen LogP contribution in [0, 0.1) is 17.8 Å². The zero-order chi connectivity index (χ0) is 13.9. The molecule has 3 rings (SSSR count). The van der Waals surface area contributed by atoms with E-state index < -0.39 is 0 Å². The molecule has 2 fully saturated rings. The van der Waals surface area contributed by atoms with E-state index in [2.05, 4.69) is 35.1 Å². The van der Waals surface area contributed by atoms with Crippen molar-refractivity contribution in [2.75, 3.05) is 7.05 Å². The van der Waals surface area contributed by atoms with Crippen LogP contribution in [-0.4, -0.2) is 16.8 Å². The zero-order valence-electron chi connectivity index (χ0n) is 13.0. The van der Waals surface area contributed by atoms with Gasteiger partial charge in [-0.25, -0.2) is 0 Å². The van der Waals surface area contributed by atoms with Gasteiger partial charge in [-0.15, -0.1) is 0 Å². The number of aromatic nitrogens is 2. The standard InChI is InChI=1S/C17H29N3/c1-3-20-16(10-11-19-20)17(18-2)15-9-8-13-6-4-5-7-14(13)12-15/h10-11,13-15,17-18H,3-9,12H2,1-2H3. The molecule has 1 aromatic rings. The summed E-state index contributed by atoms with van der Waals surface area (Å²) in [6.45, 7) is 3.15. The van der Waals surface area contributed by atoms with Gasteiger partial charge >= 0.3 is 0 Å². The first-order chi connectivity index (χ1) is 9.83. The van der Waals surface area contributed by atoms with Gasteiger partial charge < -0.3 is 5.32 Å². The van der Waals surface area contributed by atoms with Crippen LogP contribution in [0.3, 0.4) is 0 Å². The average molecular weight is 275 g/mol. The first-order valence-corrected chi connectivity index (χ1v) is 8.52. The molecule has 0 aromatic carbocycles. The van der Waals surface area contributed by atoms with Crippen molar-refractivity contribution in [2.45, 2.75) is 64.5 Å².